The fourth-order valence-corrected chi connectivity index (χ4v) is 2.81. The first kappa shape index (κ1) is 13.8. The average Bonchev–Trinajstić information content (AvgIpc) is 2.97. The van der Waals surface area contributed by atoms with Crippen LogP contribution in [0.25, 0.3) is 11.1 Å². The third kappa shape index (κ3) is 2.10. The number of rotatable bonds is 2. The Labute approximate surface area is 127 Å². The van der Waals surface area contributed by atoms with Gasteiger partial charge in [0.1, 0.15) is 6.04 Å². The van der Waals surface area contributed by atoms with Crippen molar-refractivity contribution in [1.82, 2.24) is 5.32 Å². The molecule has 0 saturated heterocycles. The summed E-state index contributed by atoms with van der Waals surface area (Å²) in [5.74, 6) is -0.529. The van der Waals surface area contributed by atoms with Crippen LogP contribution in [0.3, 0.4) is 0 Å². The molecular formula is C17H12N4O. The molecule has 0 bridgehead atoms. The van der Waals surface area contributed by atoms with Gasteiger partial charge >= 0.3 is 0 Å². The van der Waals surface area contributed by atoms with E-state index in [0.717, 1.165) is 11.1 Å². The molecule has 5 heteroatoms. The zero-order valence-corrected chi connectivity index (χ0v) is 11.6. The second-order valence-corrected chi connectivity index (χ2v) is 5.06. The monoisotopic (exact) mass is 288 g/mol. The maximum atomic E-state index is 11.6. The molecule has 106 valence electrons. The number of nitrogens with zero attached hydrogens (tertiary/aromatic N) is 2. The van der Waals surface area contributed by atoms with Crippen LogP contribution in [0, 0.1) is 22.7 Å². The Kier molecular flexibility index (Phi) is 3.34. The predicted octanol–water partition coefficient (Wildman–Crippen LogP) is 1.99. The lowest BCUT2D eigenvalue weighted by atomic mass is 9.89. The van der Waals surface area contributed by atoms with Gasteiger partial charge in [0.15, 0.2) is 0 Å². The van der Waals surface area contributed by atoms with Crippen LogP contribution in [-0.2, 0) is 6.54 Å². The second-order valence-electron chi connectivity index (χ2n) is 5.06. The van der Waals surface area contributed by atoms with Crippen molar-refractivity contribution < 1.29 is 4.79 Å². The Morgan fingerprint density at radius 2 is 2.00 bits per heavy atom. The third-order valence-corrected chi connectivity index (χ3v) is 3.80. The molecule has 0 fully saturated rings. The Bertz CT molecular complexity index is 858. The number of nitrogens with one attached hydrogen (secondary N) is 1. The van der Waals surface area contributed by atoms with Crippen LogP contribution in [0.1, 0.15) is 33.1 Å². The van der Waals surface area contributed by atoms with Gasteiger partial charge in [-0.05, 0) is 40.5 Å². The van der Waals surface area contributed by atoms with Gasteiger partial charge < -0.3 is 5.73 Å². The molecule has 3 rings (SSSR count). The molecule has 0 aliphatic carbocycles. The number of hydrogen-bond acceptors (Lipinski definition) is 4. The molecule has 1 amide bonds. The molecule has 0 saturated carbocycles. The first-order valence-corrected chi connectivity index (χ1v) is 6.75. The van der Waals surface area contributed by atoms with E-state index in [1.165, 1.54) is 0 Å². The Morgan fingerprint density at radius 1 is 1.23 bits per heavy atom. The average molecular weight is 288 g/mol. The number of nitriles is 2. The van der Waals surface area contributed by atoms with Gasteiger partial charge in [0.25, 0.3) is 0 Å². The van der Waals surface area contributed by atoms with Crippen LogP contribution in [0.2, 0.25) is 0 Å². The quantitative estimate of drug-likeness (QED) is 0.882. The smallest absolute Gasteiger partial charge is 0.248 e. The summed E-state index contributed by atoms with van der Waals surface area (Å²) in [5.41, 5.74) is 9.37. The van der Waals surface area contributed by atoms with Crippen LogP contribution >= 0.6 is 0 Å². The fraction of sp³-hybridized carbons (Fsp3) is 0.118. The van der Waals surface area contributed by atoms with Gasteiger partial charge in [-0.1, -0.05) is 18.2 Å². The minimum Gasteiger partial charge on any atom is -0.366 e. The van der Waals surface area contributed by atoms with Crippen molar-refractivity contribution in [2.45, 2.75) is 12.6 Å². The van der Waals surface area contributed by atoms with Crippen molar-refractivity contribution >= 4 is 5.91 Å². The van der Waals surface area contributed by atoms with E-state index in [4.69, 9.17) is 5.73 Å². The van der Waals surface area contributed by atoms with Crippen molar-refractivity contribution in [3.05, 3.63) is 58.7 Å². The summed E-state index contributed by atoms with van der Waals surface area (Å²) < 4.78 is 0. The topological polar surface area (TPSA) is 103 Å². The summed E-state index contributed by atoms with van der Waals surface area (Å²) in [6, 6.07) is 14.4. The van der Waals surface area contributed by atoms with Gasteiger partial charge in [0, 0.05) is 12.1 Å². The molecule has 0 aromatic heterocycles. The van der Waals surface area contributed by atoms with Crippen LogP contribution in [0.5, 0.6) is 0 Å². The highest BCUT2D eigenvalue weighted by Crippen LogP contribution is 2.37. The number of hydrogen-bond donors (Lipinski definition) is 2. The third-order valence-electron chi connectivity index (χ3n) is 3.80. The van der Waals surface area contributed by atoms with Gasteiger partial charge in [-0.15, -0.1) is 0 Å². The van der Waals surface area contributed by atoms with Crippen molar-refractivity contribution in [2.24, 2.45) is 5.73 Å². The largest absolute Gasteiger partial charge is 0.366 e. The molecule has 22 heavy (non-hydrogen) atoms. The van der Waals surface area contributed by atoms with E-state index in [1.807, 2.05) is 12.1 Å². The van der Waals surface area contributed by atoms with Crippen LogP contribution in [-0.4, -0.2) is 5.91 Å². The summed E-state index contributed by atoms with van der Waals surface area (Å²) >= 11 is 0. The molecular weight excluding hydrogens is 276 g/mol. The zero-order valence-electron chi connectivity index (χ0n) is 11.6. The lowest BCUT2D eigenvalue weighted by molar-refractivity contribution is 0.1000. The molecule has 2 aromatic rings. The molecule has 5 nitrogen and oxygen atoms in total. The Balaban J connectivity index is 2.33. The van der Waals surface area contributed by atoms with E-state index in [-0.39, 0.29) is 0 Å². The van der Waals surface area contributed by atoms with Crippen LogP contribution < -0.4 is 11.1 Å². The maximum absolute atomic E-state index is 11.6. The number of nitrogens with two attached hydrogens (primary N) is 1. The number of primary amides is 1. The molecule has 2 aromatic carbocycles. The summed E-state index contributed by atoms with van der Waals surface area (Å²) in [5, 5.41) is 21.7. The summed E-state index contributed by atoms with van der Waals surface area (Å²) in [6.07, 6.45) is 0. The van der Waals surface area contributed by atoms with Crippen molar-refractivity contribution in [1.29, 1.82) is 10.5 Å². The number of carbonyl (C=O) groups excluding carboxylic acids is 1. The maximum Gasteiger partial charge on any atom is 0.248 e. The van der Waals surface area contributed by atoms with E-state index >= 15 is 0 Å². The minimum atomic E-state index is -0.529. The van der Waals surface area contributed by atoms with E-state index in [9.17, 15) is 15.3 Å². The van der Waals surface area contributed by atoms with Gasteiger partial charge in [0.2, 0.25) is 5.91 Å². The highest BCUT2D eigenvalue weighted by molar-refractivity contribution is 5.95. The second kappa shape index (κ2) is 5.33. The minimum absolute atomic E-state index is 0.377. The molecule has 0 radical (unpaired) electrons. The van der Waals surface area contributed by atoms with E-state index in [0.29, 0.717) is 28.8 Å². The molecule has 1 heterocycles. The van der Waals surface area contributed by atoms with Crippen LogP contribution in [0.4, 0.5) is 0 Å². The Morgan fingerprint density at radius 3 is 2.68 bits per heavy atom. The molecule has 1 unspecified atom stereocenters. The number of benzene rings is 2. The normalized spacial score (nSPS) is 15.6. The summed E-state index contributed by atoms with van der Waals surface area (Å²) in [6.45, 7) is 0.496. The van der Waals surface area contributed by atoms with Crippen molar-refractivity contribution in [3.63, 3.8) is 0 Å². The highest BCUT2D eigenvalue weighted by Gasteiger charge is 2.27. The van der Waals surface area contributed by atoms with E-state index < -0.39 is 11.9 Å². The van der Waals surface area contributed by atoms with Gasteiger partial charge in [0.05, 0.1) is 17.7 Å². The lowest BCUT2D eigenvalue weighted by Crippen LogP contribution is -2.12. The predicted molar refractivity (Wildman–Crippen MR) is 80.3 cm³/mol. The van der Waals surface area contributed by atoms with E-state index in [1.54, 1.807) is 24.3 Å². The fourth-order valence-electron chi connectivity index (χ4n) is 2.81. The first-order valence-electron chi connectivity index (χ1n) is 6.75. The van der Waals surface area contributed by atoms with E-state index in [2.05, 4.69) is 17.5 Å². The molecule has 1 atom stereocenters. The highest BCUT2D eigenvalue weighted by atomic mass is 16.1. The molecule has 1 aliphatic heterocycles. The van der Waals surface area contributed by atoms with Gasteiger partial charge in [-0.25, -0.2) is 0 Å². The number of fused-ring (bicyclic) bond motifs is 1. The molecule has 0 spiro atoms. The van der Waals surface area contributed by atoms with Gasteiger partial charge in [-0.2, -0.15) is 10.5 Å². The lowest BCUT2D eigenvalue weighted by Gasteiger charge is -2.13. The summed E-state index contributed by atoms with van der Waals surface area (Å²) in [4.78, 5) is 11.6. The molecule has 3 N–H and O–H groups in total. The first-order chi connectivity index (χ1) is 10.7. The Hall–Kier alpha value is -3.15. The summed E-state index contributed by atoms with van der Waals surface area (Å²) in [7, 11) is 0. The van der Waals surface area contributed by atoms with Gasteiger partial charge in [-0.3, -0.25) is 10.1 Å². The van der Waals surface area contributed by atoms with Crippen molar-refractivity contribution in [3.8, 4) is 23.3 Å². The van der Waals surface area contributed by atoms with Crippen molar-refractivity contribution in [2.75, 3.05) is 0 Å². The zero-order chi connectivity index (χ0) is 15.7. The molecule has 1 aliphatic rings. The SMILES string of the molecule is N#Cc1ccccc1-c1cc(C(N)=O)cc2c1C(C#N)NC2. The number of amides is 1. The number of carbonyl (C=O) groups is 1. The van der Waals surface area contributed by atoms with Crippen LogP contribution in [0.15, 0.2) is 36.4 Å². The standard InChI is InChI=1S/C17H12N4O/c18-7-10-3-1-2-4-13(10)14-6-11(17(20)22)5-12-9-21-15(8-19)16(12)14/h1-6,15,21H,9H2,(H2,20,22).